The molecule has 0 aliphatic rings. The van der Waals surface area contributed by atoms with E-state index >= 15 is 4.39 Å². The lowest BCUT2D eigenvalue weighted by Gasteiger charge is -2.21. The quantitative estimate of drug-likeness (QED) is 0.0435. The monoisotopic (exact) mass is 664 g/mol. The number of carbonyl (C=O) groups excluding carboxylic acids is 2. The van der Waals surface area contributed by atoms with Gasteiger partial charge < -0.3 is 30.0 Å². The van der Waals surface area contributed by atoms with Crippen molar-refractivity contribution >= 4 is 23.5 Å². The number of aromatic nitrogens is 5. The van der Waals surface area contributed by atoms with Gasteiger partial charge in [0.25, 0.3) is 0 Å². The number of ether oxygens (including phenoxy) is 4. The first kappa shape index (κ1) is 34.0. The van der Waals surface area contributed by atoms with Crippen LogP contribution in [0.5, 0.6) is 11.5 Å². The molecule has 2 aromatic carbocycles. The molecular formula is C28H28F4N8O7. The van der Waals surface area contributed by atoms with Crippen LogP contribution in [0.4, 0.5) is 23.2 Å². The Balaban J connectivity index is 1.72. The molecule has 0 radical (unpaired) electrons. The van der Waals surface area contributed by atoms with Crippen LogP contribution in [0, 0.1) is 11.2 Å². The number of aromatic amines is 2. The zero-order chi connectivity index (χ0) is 34.3. The number of carbonyl (C=O) groups is 2. The van der Waals surface area contributed by atoms with E-state index in [9.17, 15) is 27.6 Å². The van der Waals surface area contributed by atoms with Gasteiger partial charge in [0.1, 0.15) is 23.2 Å². The van der Waals surface area contributed by atoms with Crippen LogP contribution >= 0.6 is 0 Å². The molecule has 1 atom stereocenters. The van der Waals surface area contributed by atoms with E-state index in [1.165, 1.54) is 31.4 Å². The number of esters is 2. The molecule has 19 heteroatoms. The first-order valence-corrected chi connectivity index (χ1v) is 13.7. The fourth-order valence-electron chi connectivity index (χ4n) is 4.14. The van der Waals surface area contributed by atoms with E-state index in [4.69, 9.17) is 25.4 Å². The van der Waals surface area contributed by atoms with Crippen LogP contribution in [0.25, 0.3) is 5.82 Å². The number of hydrogen-bond donors (Lipinski definition) is 5. The second-order valence-electron chi connectivity index (χ2n) is 9.51. The summed E-state index contributed by atoms with van der Waals surface area (Å²) in [4.78, 5) is 39.0. The molecule has 6 N–H and O–H groups in total. The topological polar surface area (TPSA) is 212 Å². The van der Waals surface area contributed by atoms with Crippen molar-refractivity contribution in [2.45, 2.75) is 25.6 Å². The number of hydrogen-bond acceptors (Lipinski definition) is 11. The SMILES string of the molecule is CCOC(=O)c1cn[nH]c1-n1nc(C(Nc2ccc(C(=N)N)cc2)c2cc(OC)cc(OCCCOC(=O)C(F)(F)F)c2F)[nH]c1=O. The van der Waals surface area contributed by atoms with Crippen molar-refractivity contribution in [3.8, 4) is 17.3 Å². The molecule has 4 aromatic rings. The third kappa shape index (κ3) is 8.05. The lowest BCUT2D eigenvalue weighted by molar-refractivity contribution is -0.199. The summed E-state index contributed by atoms with van der Waals surface area (Å²) in [5, 5.41) is 21.3. The number of anilines is 1. The summed E-state index contributed by atoms with van der Waals surface area (Å²) in [5.41, 5.74) is 5.24. The molecule has 0 aliphatic carbocycles. The minimum atomic E-state index is -5.16. The Bertz CT molecular complexity index is 1800. The molecular weight excluding hydrogens is 636 g/mol. The van der Waals surface area contributed by atoms with Crippen LogP contribution < -0.4 is 26.2 Å². The summed E-state index contributed by atoms with van der Waals surface area (Å²) >= 11 is 0. The van der Waals surface area contributed by atoms with Gasteiger partial charge in [-0.25, -0.2) is 18.8 Å². The maximum atomic E-state index is 16.1. The number of rotatable bonds is 14. The van der Waals surface area contributed by atoms with Crippen LogP contribution in [0.3, 0.4) is 0 Å². The Kier molecular flexibility index (Phi) is 10.5. The predicted molar refractivity (Wildman–Crippen MR) is 155 cm³/mol. The Morgan fingerprint density at radius 1 is 1.15 bits per heavy atom. The smallest absolute Gasteiger partial charge is 0.490 e. The number of halogens is 4. The number of benzene rings is 2. The van der Waals surface area contributed by atoms with E-state index in [0.717, 1.165) is 10.9 Å². The number of amidine groups is 1. The van der Waals surface area contributed by atoms with Crippen molar-refractivity contribution in [3.05, 3.63) is 81.4 Å². The van der Waals surface area contributed by atoms with Gasteiger partial charge in [-0.1, -0.05) is 0 Å². The van der Waals surface area contributed by atoms with Crippen molar-refractivity contribution < 1.29 is 46.1 Å². The summed E-state index contributed by atoms with van der Waals surface area (Å²) in [5.74, 6) is -4.84. The summed E-state index contributed by atoms with van der Waals surface area (Å²) in [6.07, 6.45) is -4.21. The first-order valence-electron chi connectivity index (χ1n) is 13.7. The van der Waals surface area contributed by atoms with Crippen LogP contribution in [0.15, 0.2) is 47.4 Å². The Hall–Kier alpha value is -5.88. The number of alkyl halides is 3. The van der Waals surface area contributed by atoms with E-state index < -0.39 is 42.3 Å². The van der Waals surface area contributed by atoms with Crippen LogP contribution in [0.1, 0.15) is 46.7 Å². The molecule has 2 heterocycles. The fourth-order valence-corrected chi connectivity index (χ4v) is 4.14. The Morgan fingerprint density at radius 2 is 1.87 bits per heavy atom. The van der Waals surface area contributed by atoms with Gasteiger partial charge in [-0.15, -0.1) is 5.10 Å². The van der Waals surface area contributed by atoms with Crippen molar-refractivity contribution in [2.24, 2.45) is 5.73 Å². The Labute approximate surface area is 262 Å². The molecule has 0 fully saturated rings. The molecule has 2 aromatic heterocycles. The van der Waals surface area contributed by atoms with Crippen molar-refractivity contribution in [3.63, 3.8) is 0 Å². The summed E-state index contributed by atoms with van der Waals surface area (Å²) in [6, 6.07) is 7.37. The first-order chi connectivity index (χ1) is 22.3. The maximum absolute atomic E-state index is 16.1. The molecule has 0 bridgehead atoms. The highest BCUT2D eigenvalue weighted by Crippen LogP contribution is 2.35. The molecule has 47 heavy (non-hydrogen) atoms. The highest BCUT2D eigenvalue weighted by atomic mass is 19.4. The zero-order valence-electron chi connectivity index (χ0n) is 24.7. The molecule has 0 spiro atoms. The highest BCUT2D eigenvalue weighted by Gasteiger charge is 2.40. The van der Waals surface area contributed by atoms with Gasteiger partial charge in [0, 0.05) is 29.3 Å². The summed E-state index contributed by atoms with van der Waals surface area (Å²) in [6.45, 7) is 0.661. The van der Waals surface area contributed by atoms with Gasteiger partial charge in [-0.2, -0.15) is 23.0 Å². The minimum Gasteiger partial charge on any atom is -0.497 e. The second kappa shape index (κ2) is 14.5. The second-order valence-corrected chi connectivity index (χ2v) is 9.51. The lowest BCUT2D eigenvalue weighted by atomic mass is 10.0. The third-order valence-corrected chi connectivity index (χ3v) is 6.34. The van der Waals surface area contributed by atoms with Gasteiger partial charge in [-0.05, 0) is 37.3 Å². The fraction of sp³-hybridized carbons (Fsp3) is 0.286. The van der Waals surface area contributed by atoms with Gasteiger partial charge in [0.15, 0.2) is 23.2 Å². The molecule has 0 saturated carbocycles. The maximum Gasteiger partial charge on any atom is 0.490 e. The third-order valence-electron chi connectivity index (χ3n) is 6.34. The number of H-pyrrole nitrogens is 2. The molecule has 15 nitrogen and oxygen atoms in total. The van der Waals surface area contributed by atoms with E-state index in [0.29, 0.717) is 11.3 Å². The normalized spacial score (nSPS) is 11.9. The number of methoxy groups -OCH3 is 1. The van der Waals surface area contributed by atoms with E-state index in [-0.39, 0.29) is 59.7 Å². The molecule has 0 amide bonds. The average Bonchev–Trinajstić information content (AvgIpc) is 3.67. The van der Waals surface area contributed by atoms with Crippen molar-refractivity contribution in [2.75, 3.05) is 32.2 Å². The molecule has 0 aliphatic heterocycles. The van der Waals surface area contributed by atoms with Crippen LogP contribution in [-0.2, 0) is 14.3 Å². The van der Waals surface area contributed by atoms with Crippen LogP contribution in [0.2, 0.25) is 0 Å². The van der Waals surface area contributed by atoms with E-state index in [2.05, 4.69) is 30.3 Å². The largest absolute Gasteiger partial charge is 0.497 e. The van der Waals surface area contributed by atoms with E-state index in [1.54, 1.807) is 19.1 Å². The number of nitrogens with zero attached hydrogens (tertiary/aromatic N) is 3. The van der Waals surface area contributed by atoms with Crippen molar-refractivity contribution in [1.29, 1.82) is 5.41 Å². The van der Waals surface area contributed by atoms with Crippen LogP contribution in [-0.4, -0.2) is 75.8 Å². The van der Waals surface area contributed by atoms with Gasteiger partial charge in [0.2, 0.25) is 0 Å². The number of nitrogens with one attached hydrogen (secondary N) is 4. The van der Waals surface area contributed by atoms with Gasteiger partial charge in [0.05, 0.1) is 33.1 Å². The molecule has 250 valence electrons. The lowest BCUT2D eigenvalue weighted by Crippen LogP contribution is -2.26. The summed E-state index contributed by atoms with van der Waals surface area (Å²) < 4.78 is 74.0. The molecule has 4 rings (SSSR count). The molecule has 1 unspecified atom stereocenters. The summed E-state index contributed by atoms with van der Waals surface area (Å²) in [7, 11) is 1.30. The van der Waals surface area contributed by atoms with Gasteiger partial charge >= 0.3 is 23.8 Å². The standard InChI is InChI=1S/C28H28F4N8O7/c1-3-45-25(41)18-13-35-38-24(18)40-27(43)37-23(39-40)21(36-15-7-5-14(6-8-15)22(33)34)17-11-16(44-2)12-19(20(17)29)46-9-4-10-47-26(42)28(30,31)32/h5-8,11-13,21,36H,3-4,9-10H2,1-2H3,(H3,33,34)(H,35,38)(H,37,39,43). The predicted octanol–water partition coefficient (Wildman–Crippen LogP) is 2.97. The minimum absolute atomic E-state index is 0.0524. The Morgan fingerprint density at radius 3 is 2.51 bits per heavy atom. The zero-order valence-corrected chi connectivity index (χ0v) is 24.7. The van der Waals surface area contributed by atoms with Crippen molar-refractivity contribution in [1.82, 2.24) is 25.0 Å². The van der Waals surface area contributed by atoms with Gasteiger partial charge in [-0.3, -0.25) is 15.5 Å². The number of nitrogens with two attached hydrogens (primary N) is 1. The highest BCUT2D eigenvalue weighted by molar-refractivity contribution is 5.95. The average molecular weight is 665 g/mol. The van der Waals surface area contributed by atoms with E-state index in [1.807, 2.05) is 0 Å². The molecule has 0 saturated heterocycles. The number of nitrogen functional groups attached to an aromatic ring is 1.